The molecule has 0 bridgehead atoms. The number of carbonyl (C=O) groups is 2. The third-order valence-corrected chi connectivity index (χ3v) is 6.40. The van der Waals surface area contributed by atoms with E-state index >= 15 is 0 Å². The van der Waals surface area contributed by atoms with Gasteiger partial charge in [0.1, 0.15) is 0 Å². The van der Waals surface area contributed by atoms with Crippen LogP contribution in [0.15, 0.2) is 66.3 Å². The minimum Gasteiger partial charge on any atom is -0.342 e. The molecule has 0 saturated carbocycles. The lowest BCUT2D eigenvalue weighted by Gasteiger charge is -2.23. The zero-order valence-corrected chi connectivity index (χ0v) is 21.3. The van der Waals surface area contributed by atoms with Crippen molar-refractivity contribution in [3.8, 4) is 0 Å². The number of carbonyl (C=O) groups excluding carboxylic acids is 2. The molecule has 188 valence electrons. The molecule has 2 amide bonds. The Kier molecular flexibility index (Phi) is 9.20. The molecule has 0 saturated heterocycles. The summed E-state index contributed by atoms with van der Waals surface area (Å²) in [6.45, 7) is 8.08. The number of aromatic nitrogens is 3. The summed E-state index contributed by atoms with van der Waals surface area (Å²) in [7, 11) is 0. The molecule has 36 heavy (non-hydrogen) atoms. The van der Waals surface area contributed by atoms with E-state index in [1.54, 1.807) is 34.9 Å². The van der Waals surface area contributed by atoms with Crippen molar-refractivity contribution in [1.82, 2.24) is 20.1 Å². The number of nitrogens with zero attached hydrogens (tertiary/aromatic N) is 4. The molecule has 3 aromatic rings. The van der Waals surface area contributed by atoms with Gasteiger partial charge in [-0.1, -0.05) is 55.4 Å². The zero-order valence-electron chi connectivity index (χ0n) is 19.7. The number of rotatable bonds is 11. The maximum atomic E-state index is 12.9. The van der Waals surface area contributed by atoms with Gasteiger partial charge in [0.2, 0.25) is 5.91 Å². The van der Waals surface area contributed by atoms with Gasteiger partial charge in [-0.2, -0.15) is 0 Å². The van der Waals surface area contributed by atoms with E-state index in [9.17, 15) is 19.7 Å². The molecule has 0 radical (unpaired) electrons. The van der Waals surface area contributed by atoms with Crippen LogP contribution in [0.4, 0.5) is 11.4 Å². The molecule has 0 aliphatic carbocycles. The van der Waals surface area contributed by atoms with Crippen LogP contribution in [0, 0.1) is 16.0 Å². The molecule has 0 unspecified atom stereocenters. The van der Waals surface area contributed by atoms with E-state index in [1.807, 2.05) is 13.8 Å². The molecule has 10 nitrogen and oxygen atoms in total. The van der Waals surface area contributed by atoms with E-state index in [2.05, 4.69) is 27.4 Å². The molecule has 0 aliphatic rings. The van der Waals surface area contributed by atoms with Gasteiger partial charge < -0.3 is 15.2 Å². The summed E-state index contributed by atoms with van der Waals surface area (Å²) in [5, 5.41) is 25.9. The first-order chi connectivity index (χ1) is 17.2. The average Bonchev–Trinajstić information content (AvgIpc) is 3.23. The summed E-state index contributed by atoms with van der Waals surface area (Å²) < 4.78 is 1.80. The molecule has 0 spiro atoms. The Morgan fingerprint density at radius 1 is 1.19 bits per heavy atom. The fourth-order valence-corrected chi connectivity index (χ4v) is 4.30. The highest BCUT2D eigenvalue weighted by atomic mass is 35.5. The monoisotopic (exact) mass is 528 g/mol. The molecular formula is C24H25ClN6O4S. The van der Waals surface area contributed by atoms with E-state index in [-0.39, 0.29) is 29.2 Å². The second kappa shape index (κ2) is 12.3. The fraction of sp³-hybridized carbons (Fsp3) is 0.250. The molecular weight excluding hydrogens is 504 g/mol. The number of nitro groups is 1. The van der Waals surface area contributed by atoms with Gasteiger partial charge in [0.25, 0.3) is 11.6 Å². The minimum absolute atomic E-state index is 0.0208. The number of nitro benzene ring substituents is 1. The predicted molar refractivity (Wildman–Crippen MR) is 139 cm³/mol. The van der Waals surface area contributed by atoms with Gasteiger partial charge in [-0.3, -0.25) is 19.7 Å². The second-order valence-electron chi connectivity index (χ2n) is 8.06. The highest BCUT2D eigenvalue weighted by Crippen LogP contribution is 2.27. The van der Waals surface area contributed by atoms with Crippen molar-refractivity contribution >= 4 is 46.6 Å². The van der Waals surface area contributed by atoms with Crippen LogP contribution < -0.4 is 10.6 Å². The number of amides is 2. The Balaban J connectivity index is 1.73. The lowest BCUT2D eigenvalue weighted by atomic mass is 10.0. The summed E-state index contributed by atoms with van der Waals surface area (Å²) in [6.07, 6.45) is 1.68. The lowest BCUT2D eigenvalue weighted by Crippen LogP contribution is -2.34. The van der Waals surface area contributed by atoms with Crippen LogP contribution in [-0.4, -0.2) is 37.3 Å². The lowest BCUT2D eigenvalue weighted by molar-refractivity contribution is -0.384. The molecule has 0 fully saturated rings. The molecule has 2 aromatic carbocycles. The Morgan fingerprint density at radius 3 is 2.50 bits per heavy atom. The third-order valence-electron chi connectivity index (χ3n) is 5.10. The summed E-state index contributed by atoms with van der Waals surface area (Å²) in [4.78, 5) is 35.6. The molecule has 1 atom stereocenters. The van der Waals surface area contributed by atoms with Crippen molar-refractivity contribution in [2.75, 3.05) is 11.1 Å². The summed E-state index contributed by atoms with van der Waals surface area (Å²) in [5.74, 6) is -0.0962. The van der Waals surface area contributed by atoms with Crippen LogP contribution in [0.3, 0.4) is 0 Å². The summed E-state index contributed by atoms with van der Waals surface area (Å²) in [6, 6.07) is 11.9. The zero-order chi connectivity index (χ0) is 26.2. The Bertz CT molecular complexity index is 1260. The topological polar surface area (TPSA) is 132 Å². The minimum atomic E-state index is -0.507. The van der Waals surface area contributed by atoms with E-state index < -0.39 is 11.0 Å². The number of thioether (sulfide) groups is 1. The van der Waals surface area contributed by atoms with Crippen molar-refractivity contribution in [3.05, 3.63) is 87.7 Å². The summed E-state index contributed by atoms with van der Waals surface area (Å²) >= 11 is 7.36. The van der Waals surface area contributed by atoms with E-state index in [0.717, 1.165) is 0 Å². The number of benzene rings is 2. The smallest absolute Gasteiger partial charge is 0.269 e. The molecule has 1 aromatic heterocycles. The normalized spacial score (nSPS) is 11.7. The number of anilines is 1. The Hall–Kier alpha value is -3.70. The first-order valence-electron chi connectivity index (χ1n) is 11.0. The van der Waals surface area contributed by atoms with E-state index in [1.165, 1.54) is 36.0 Å². The molecule has 2 N–H and O–H groups in total. The maximum absolute atomic E-state index is 12.9. The first kappa shape index (κ1) is 26.9. The van der Waals surface area contributed by atoms with Crippen LogP contribution in [0.5, 0.6) is 0 Å². The second-order valence-corrected chi connectivity index (χ2v) is 9.41. The fourth-order valence-electron chi connectivity index (χ4n) is 3.32. The van der Waals surface area contributed by atoms with E-state index in [0.29, 0.717) is 33.8 Å². The van der Waals surface area contributed by atoms with Crippen molar-refractivity contribution in [2.24, 2.45) is 5.92 Å². The number of hydrogen-bond donors (Lipinski definition) is 2. The van der Waals surface area contributed by atoms with Crippen molar-refractivity contribution < 1.29 is 14.5 Å². The van der Waals surface area contributed by atoms with Crippen LogP contribution in [0.2, 0.25) is 5.02 Å². The predicted octanol–water partition coefficient (Wildman–Crippen LogP) is 4.88. The molecule has 3 rings (SSSR count). The third kappa shape index (κ3) is 6.70. The van der Waals surface area contributed by atoms with Crippen LogP contribution >= 0.6 is 23.4 Å². The number of hydrogen-bond acceptors (Lipinski definition) is 7. The average molecular weight is 529 g/mol. The van der Waals surface area contributed by atoms with Crippen molar-refractivity contribution in [3.63, 3.8) is 0 Å². The Morgan fingerprint density at radius 2 is 1.89 bits per heavy atom. The largest absolute Gasteiger partial charge is 0.342 e. The van der Waals surface area contributed by atoms with Crippen LogP contribution in [0.25, 0.3) is 0 Å². The quantitative estimate of drug-likeness (QED) is 0.157. The van der Waals surface area contributed by atoms with Gasteiger partial charge in [-0.25, -0.2) is 0 Å². The van der Waals surface area contributed by atoms with Gasteiger partial charge in [-0.05, 0) is 30.2 Å². The Labute approximate surface area is 217 Å². The molecule has 12 heteroatoms. The number of halogens is 1. The maximum Gasteiger partial charge on any atom is 0.269 e. The van der Waals surface area contributed by atoms with Gasteiger partial charge in [0, 0.05) is 24.4 Å². The van der Waals surface area contributed by atoms with Crippen LogP contribution in [-0.2, 0) is 11.3 Å². The highest BCUT2D eigenvalue weighted by Gasteiger charge is 2.27. The highest BCUT2D eigenvalue weighted by molar-refractivity contribution is 7.99. The van der Waals surface area contributed by atoms with E-state index in [4.69, 9.17) is 11.6 Å². The first-order valence-corrected chi connectivity index (χ1v) is 12.3. The van der Waals surface area contributed by atoms with Gasteiger partial charge >= 0.3 is 0 Å². The number of allylic oxidation sites excluding steroid dienone is 1. The van der Waals surface area contributed by atoms with Crippen LogP contribution in [0.1, 0.15) is 36.1 Å². The molecule has 1 heterocycles. The van der Waals surface area contributed by atoms with Gasteiger partial charge in [-0.15, -0.1) is 16.8 Å². The van der Waals surface area contributed by atoms with Crippen molar-refractivity contribution in [1.29, 1.82) is 0 Å². The SMILES string of the molecule is C=CCn1c(SCC(=O)Nc2ccc([N+](=O)[O-])cc2)nnc1[C@H](NC(=O)c1ccccc1Cl)C(C)C. The molecule has 0 aliphatic heterocycles. The number of nitrogens with one attached hydrogen (secondary N) is 2. The number of non-ortho nitro benzene ring substituents is 1. The van der Waals surface area contributed by atoms with Gasteiger partial charge in [0.15, 0.2) is 11.0 Å². The summed E-state index contributed by atoms with van der Waals surface area (Å²) in [5.41, 5.74) is 0.743. The standard InChI is InChI=1S/C24H25ClN6O4S/c1-4-13-30-22(21(15(2)3)27-23(33)18-7-5-6-8-19(18)25)28-29-24(30)36-14-20(32)26-16-9-11-17(12-10-16)31(34)35/h4-12,15,21H,1,13-14H2,2-3H3,(H,26,32)(H,27,33)/t21-/m1/s1. The van der Waals surface area contributed by atoms with Gasteiger partial charge in [0.05, 0.1) is 27.3 Å². The van der Waals surface area contributed by atoms with Crippen molar-refractivity contribution in [2.45, 2.75) is 31.6 Å².